The molecule has 154 valence electrons. The molecular weight excluding hydrogens is 358 g/mol. The monoisotopic (exact) mass is 389 g/mol. The van der Waals surface area contributed by atoms with Crippen molar-refractivity contribution in [1.29, 1.82) is 0 Å². The van der Waals surface area contributed by atoms with E-state index in [1.807, 2.05) is 29.2 Å². The maximum absolute atomic E-state index is 12.6. The molecule has 0 spiro atoms. The van der Waals surface area contributed by atoms with Gasteiger partial charge in [0, 0.05) is 25.1 Å². The summed E-state index contributed by atoms with van der Waals surface area (Å²) in [6, 6.07) is 5.71. The van der Waals surface area contributed by atoms with E-state index >= 15 is 0 Å². The van der Waals surface area contributed by atoms with Gasteiger partial charge in [-0.15, -0.1) is 0 Å². The highest BCUT2D eigenvalue weighted by atomic mass is 16.7. The third-order valence-corrected chi connectivity index (χ3v) is 4.98. The second kappa shape index (κ2) is 9.94. The molecule has 2 heterocycles. The Kier molecular flexibility index (Phi) is 7.34. The molecule has 6 heteroatoms. The summed E-state index contributed by atoms with van der Waals surface area (Å²) >= 11 is 0. The number of nitrogens with zero attached hydrogens (tertiary/aromatic N) is 1. The van der Waals surface area contributed by atoms with Crippen LogP contribution in [0.15, 0.2) is 24.3 Å². The van der Waals surface area contributed by atoms with E-state index in [1.54, 1.807) is 13.2 Å². The third-order valence-electron chi connectivity index (χ3n) is 4.98. The minimum absolute atomic E-state index is 0.0156. The number of benzene rings is 1. The number of carbonyl (C=O) groups excluding carboxylic acids is 1. The van der Waals surface area contributed by atoms with Gasteiger partial charge in [-0.2, -0.15) is 0 Å². The number of piperidine rings is 1. The van der Waals surface area contributed by atoms with Crippen molar-refractivity contribution < 1.29 is 23.7 Å². The smallest absolute Gasteiger partial charge is 0.246 e. The summed E-state index contributed by atoms with van der Waals surface area (Å²) in [5.74, 6) is 2.10. The molecule has 1 unspecified atom stereocenters. The first-order valence-electron chi connectivity index (χ1n) is 10.1. The molecule has 6 nitrogen and oxygen atoms in total. The molecule has 1 aromatic carbocycles. The van der Waals surface area contributed by atoms with Crippen molar-refractivity contribution in [3.8, 4) is 11.5 Å². The molecule has 0 aliphatic carbocycles. The fourth-order valence-electron chi connectivity index (χ4n) is 3.52. The molecule has 1 amide bonds. The second-order valence-corrected chi connectivity index (χ2v) is 7.75. The van der Waals surface area contributed by atoms with E-state index in [0.29, 0.717) is 38.0 Å². The molecule has 1 atom stereocenters. The lowest BCUT2D eigenvalue weighted by atomic mass is 9.97. The normalized spacial score (nSPS) is 20.9. The standard InChI is InChI=1S/C22H31NO5/c1-16(2)15-28-19-8-6-17(13-20(19)25-3)7-9-21(24)23-10-4-5-18(14-23)22-26-11-12-27-22/h6-9,13,16,18,22H,4-5,10-12,14-15H2,1-3H3/b9-7+. The minimum Gasteiger partial charge on any atom is -0.493 e. The van der Waals surface area contributed by atoms with E-state index in [9.17, 15) is 4.79 Å². The van der Waals surface area contributed by atoms with Crippen molar-refractivity contribution in [2.45, 2.75) is 33.0 Å². The average molecular weight is 389 g/mol. The van der Waals surface area contributed by atoms with Crippen LogP contribution in [0, 0.1) is 11.8 Å². The predicted molar refractivity (Wildman–Crippen MR) is 107 cm³/mol. The van der Waals surface area contributed by atoms with Gasteiger partial charge in [0.1, 0.15) is 0 Å². The van der Waals surface area contributed by atoms with Crippen LogP contribution < -0.4 is 9.47 Å². The van der Waals surface area contributed by atoms with Crippen LogP contribution in [0.3, 0.4) is 0 Å². The first-order chi connectivity index (χ1) is 13.6. The molecule has 0 bridgehead atoms. The van der Waals surface area contributed by atoms with Crippen LogP contribution in [0.1, 0.15) is 32.3 Å². The van der Waals surface area contributed by atoms with Gasteiger partial charge < -0.3 is 23.8 Å². The highest BCUT2D eigenvalue weighted by Gasteiger charge is 2.32. The van der Waals surface area contributed by atoms with Crippen molar-refractivity contribution in [3.63, 3.8) is 0 Å². The molecule has 28 heavy (non-hydrogen) atoms. The minimum atomic E-state index is -0.165. The molecule has 0 radical (unpaired) electrons. The second-order valence-electron chi connectivity index (χ2n) is 7.75. The molecule has 1 aromatic rings. The summed E-state index contributed by atoms with van der Waals surface area (Å²) in [6.45, 7) is 7.59. The van der Waals surface area contributed by atoms with Crippen LogP contribution in [-0.2, 0) is 14.3 Å². The molecule has 2 fully saturated rings. The van der Waals surface area contributed by atoms with Gasteiger partial charge in [0.15, 0.2) is 17.8 Å². The van der Waals surface area contributed by atoms with Crippen molar-refractivity contribution >= 4 is 12.0 Å². The van der Waals surface area contributed by atoms with Crippen LogP contribution >= 0.6 is 0 Å². The molecule has 0 saturated carbocycles. The van der Waals surface area contributed by atoms with Crippen molar-refractivity contribution in [2.24, 2.45) is 11.8 Å². The first kappa shape index (κ1) is 20.7. The number of likely N-dealkylation sites (tertiary alicyclic amines) is 1. The van der Waals surface area contributed by atoms with Gasteiger partial charge in [-0.25, -0.2) is 0 Å². The van der Waals surface area contributed by atoms with Gasteiger partial charge in [0.25, 0.3) is 0 Å². The Morgan fingerprint density at radius 3 is 2.79 bits per heavy atom. The van der Waals surface area contributed by atoms with Crippen molar-refractivity contribution in [1.82, 2.24) is 4.90 Å². The lowest BCUT2D eigenvalue weighted by Crippen LogP contribution is -2.43. The maximum Gasteiger partial charge on any atom is 0.246 e. The highest BCUT2D eigenvalue weighted by Crippen LogP contribution is 2.29. The zero-order valence-corrected chi connectivity index (χ0v) is 17.1. The largest absolute Gasteiger partial charge is 0.493 e. The number of ether oxygens (including phenoxy) is 4. The molecule has 0 aromatic heterocycles. The number of amides is 1. The molecule has 0 N–H and O–H groups in total. The van der Waals surface area contributed by atoms with Gasteiger partial charge in [0.2, 0.25) is 5.91 Å². The summed E-state index contributed by atoms with van der Waals surface area (Å²) in [5.41, 5.74) is 0.901. The summed E-state index contributed by atoms with van der Waals surface area (Å²) in [7, 11) is 1.62. The summed E-state index contributed by atoms with van der Waals surface area (Å²) < 4.78 is 22.4. The summed E-state index contributed by atoms with van der Waals surface area (Å²) in [6.07, 6.45) is 5.30. The molecule has 3 rings (SSSR count). The molecule has 2 aliphatic rings. The van der Waals surface area contributed by atoms with E-state index in [-0.39, 0.29) is 18.1 Å². The van der Waals surface area contributed by atoms with Gasteiger partial charge in [-0.3, -0.25) is 4.79 Å². The zero-order chi connectivity index (χ0) is 19.9. The van der Waals surface area contributed by atoms with Gasteiger partial charge in [-0.05, 0) is 42.5 Å². The topological polar surface area (TPSA) is 57.2 Å². The van der Waals surface area contributed by atoms with E-state index in [1.165, 1.54) is 0 Å². The Morgan fingerprint density at radius 1 is 1.29 bits per heavy atom. The van der Waals surface area contributed by atoms with Crippen LogP contribution in [0.2, 0.25) is 0 Å². The first-order valence-corrected chi connectivity index (χ1v) is 10.1. The van der Waals surface area contributed by atoms with Gasteiger partial charge in [-0.1, -0.05) is 19.9 Å². The fourth-order valence-corrected chi connectivity index (χ4v) is 3.52. The quantitative estimate of drug-likeness (QED) is 0.670. The number of hydrogen-bond donors (Lipinski definition) is 0. The summed E-state index contributed by atoms with van der Waals surface area (Å²) in [4.78, 5) is 14.5. The lowest BCUT2D eigenvalue weighted by molar-refractivity contribution is -0.134. The Bertz CT molecular complexity index is 682. The SMILES string of the molecule is COc1cc(/C=C/C(=O)N2CCCC(C3OCCO3)C2)ccc1OCC(C)C. The fraction of sp³-hybridized carbons (Fsp3) is 0.591. The van der Waals surface area contributed by atoms with E-state index in [2.05, 4.69) is 13.8 Å². The molecular formula is C22H31NO5. The van der Waals surface area contributed by atoms with Crippen LogP contribution in [0.4, 0.5) is 0 Å². The lowest BCUT2D eigenvalue weighted by Gasteiger charge is -2.34. The van der Waals surface area contributed by atoms with E-state index < -0.39 is 0 Å². The Labute approximate surface area is 167 Å². The third kappa shape index (κ3) is 5.49. The summed E-state index contributed by atoms with van der Waals surface area (Å²) in [5, 5.41) is 0. The van der Waals surface area contributed by atoms with Crippen LogP contribution in [0.5, 0.6) is 11.5 Å². The molecule has 2 saturated heterocycles. The maximum atomic E-state index is 12.6. The van der Waals surface area contributed by atoms with E-state index in [4.69, 9.17) is 18.9 Å². The number of hydrogen-bond acceptors (Lipinski definition) is 5. The number of carbonyl (C=O) groups is 1. The van der Waals surface area contributed by atoms with Gasteiger partial charge >= 0.3 is 0 Å². The average Bonchev–Trinajstić information content (AvgIpc) is 3.25. The Hall–Kier alpha value is -2.05. The highest BCUT2D eigenvalue weighted by molar-refractivity contribution is 5.92. The Morgan fingerprint density at radius 2 is 2.07 bits per heavy atom. The number of rotatable bonds is 7. The van der Waals surface area contributed by atoms with Crippen molar-refractivity contribution in [3.05, 3.63) is 29.8 Å². The number of methoxy groups -OCH3 is 1. The van der Waals surface area contributed by atoms with Crippen LogP contribution in [-0.4, -0.2) is 57.1 Å². The molecule has 2 aliphatic heterocycles. The predicted octanol–water partition coefficient (Wildman–Crippen LogP) is 3.35. The van der Waals surface area contributed by atoms with Crippen molar-refractivity contribution in [2.75, 3.05) is 40.0 Å². The zero-order valence-electron chi connectivity index (χ0n) is 17.1. The Balaban J connectivity index is 1.59. The van der Waals surface area contributed by atoms with Gasteiger partial charge in [0.05, 0.1) is 26.9 Å². The van der Waals surface area contributed by atoms with E-state index in [0.717, 1.165) is 30.7 Å². The van der Waals surface area contributed by atoms with Crippen LogP contribution in [0.25, 0.3) is 6.08 Å².